The Labute approximate surface area is 139 Å². The number of aryl methyl sites for hydroxylation is 1. The van der Waals surface area contributed by atoms with Crippen molar-refractivity contribution in [1.29, 1.82) is 0 Å². The first-order valence-electron chi connectivity index (χ1n) is 7.53. The van der Waals surface area contributed by atoms with Gasteiger partial charge >= 0.3 is 0 Å². The van der Waals surface area contributed by atoms with Crippen molar-refractivity contribution in [2.75, 3.05) is 13.2 Å². The van der Waals surface area contributed by atoms with Crippen molar-refractivity contribution in [2.24, 2.45) is 0 Å². The molecule has 0 radical (unpaired) electrons. The second-order valence-electron chi connectivity index (χ2n) is 5.44. The van der Waals surface area contributed by atoms with Crippen LogP contribution in [-0.2, 0) is 13.0 Å². The van der Waals surface area contributed by atoms with Crippen molar-refractivity contribution in [1.82, 2.24) is 15.1 Å². The number of hydrogen-bond donors (Lipinski definition) is 2. The highest BCUT2D eigenvalue weighted by Crippen LogP contribution is 2.30. The molecule has 1 aromatic carbocycles. The molecule has 1 unspecified atom stereocenters. The highest BCUT2D eigenvalue weighted by Gasteiger charge is 2.26. The predicted octanol–water partition coefficient (Wildman–Crippen LogP) is 1.65. The molecular weight excluding hydrogens is 318 g/mol. The third kappa shape index (κ3) is 3.48. The Kier molecular flexibility index (Phi) is 4.83. The van der Waals surface area contributed by atoms with E-state index in [4.69, 9.17) is 16.3 Å². The molecule has 0 spiro atoms. The summed E-state index contributed by atoms with van der Waals surface area (Å²) < 4.78 is 7.05. The van der Waals surface area contributed by atoms with Gasteiger partial charge in [0.05, 0.1) is 19.3 Å². The number of fused-ring (bicyclic) bond motifs is 1. The number of halogens is 1. The number of nitrogens with one attached hydrogen (secondary N) is 1. The minimum atomic E-state index is -0.407. The molecule has 2 N–H and O–H groups in total. The van der Waals surface area contributed by atoms with E-state index in [1.54, 1.807) is 4.68 Å². The van der Waals surface area contributed by atoms with E-state index in [-0.39, 0.29) is 17.3 Å². The number of hydrogen-bond acceptors (Lipinski definition) is 4. The number of aliphatic hydroxyl groups is 1. The summed E-state index contributed by atoms with van der Waals surface area (Å²) in [7, 11) is 0. The first kappa shape index (κ1) is 15.8. The molecule has 7 heteroatoms. The second kappa shape index (κ2) is 7.02. The smallest absolute Gasteiger partial charge is 0.273 e. The Bertz CT molecular complexity index is 687. The van der Waals surface area contributed by atoms with Crippen molar-refractivity contribution < 1.29 is 14.6 Å². The molecule has 0 aliphatic carbocycles. The lowest BCUT2D eigenvalue weighted by molar-refractivity contribution is 0.0910. The number of benzene rings is 1. The molecule has 2 heterocycles. The summed E-state index contributed by atoms with van der Waals surface area (Å²) in [5.41, 5.74) is 1.17. The van der Waals surface area contributed by atoms with E-state index in [0.29, 0.717) is 25.5 Å². The molecule has 0 fully saturated rings. The Morgan fingerprint density at radius 1 is 1.43 bits per heavy atom. The highest BCUT2D eigenvalue weighted by molar-refractivity contribution is 6.34. The average Bonchev–Trinajstić information content (AvgIpc) is 2.92. The lowest BCUT2D eigenvalue weighted by atomic mass is 10.1. The molecule has 1 amide bonds. The SMILES string of the molecule is O=C(NC(CO)Cc1ccccc1)c1nn2c(c1Cl)OCCC2. The van der Waals surface area contributed by atoms with Crippen LogP contribution in [-0.4, -0.2) is 40.0 Å². The van der Waals surface area contributed by atoms with Gasteiger partial charge in [0.1, 0.15) is 5.02 Å². The van der Waals surface area contributed by atoms with Crippen LogP contribution in [0.4, 0.5) is 0 Å². The minimum absolute atomic E-state index is 0.134. The molecule has 2 aromatic rings. The Morgan fingerprint density at radius 3 is 2.91 bits per heavy atom. The van der Waals surface area contributed by atoms with Gasteiger partial charge in [-0.25, -0.2) is 4.68 Å². The largest absolute Gasteiger partial charge is 0.477 e. The monoisotopic (exact) mass is 335 g/mol. The van der Waals surface area contributed by atoms with Gasteiger partial charge < -0.3 is 15.2 Å². The fraction of sp³-hybridized carbons (Fsp3) is 0.375. The minimum Gasteiger partial charge on any atom is -0.477 e. The molecule has 1 aromatic heterocycles. The van der Waals surface area contributed by atoms with Crippen molar-refractivity contribution >= 4 is 17.5 Å². The van der Waals surface area contributed by atoms with E-state index >= 15 is 0 Å². The van der Waals surface area contributed by atoms with Crippen LogP contribution in [0.25, 0.3) is 0 Å². The molecule has 3 rings (SSSR count). The number of aliphatic hydroxyl groups excluding tert-OH is 1. The Balaban J connectivity index is 1.71. The van der Waals surface area contributed by atoms with Gasteiger partial charge in [0, 0.05) is 13.0 Å². The fourth-order valence-corrected chi connectivity index (χ4v) is 2.83. The van der Waals surface area contributed by atoms with E-state index < -0.39 is 11.9 Å². The van der Waals surface area contributed by atoms with Gasteiger partial charge in [0.15, 0.2) is 5.69 Å². The first-order chi connectivity index (χ1) is 11.2. The summed E-state index contributed by atoms with van der Waals surface area (Å²) in [5, 5.41) is 16.7. The lowest BCUT2D eigenvalue weighted by Crippen LogP contribution is -2.39. The van der Waals surface area contributed by atoms with Gasteiger partial charge in [-0.15, -0.1) is 0 Å². The summed E-state index contributed by atoms with van der Waals surface area (Å²) in [4.78, 5) is 12.4. The van der Waals surface area contributed by atoms with Crippen LogP contribution >= 0.6 is 11.6 Å². The van der Waals surface area contributed by atoms with Gasteiger partial charge in [-0.3, -0.25) is 4.79 Å². The van der Waals surface area contributed by atoms with E-state index in [1.165, 1.54) is 0 Å². The highest BCUT2D eigenvalue weighted by atomic mass is 35.5. The van der Waals surface area contributed by atoms with Crippen LogP contribution in [0, 0.1) is 0 Å². The molecule has 0 bridgehead atoms. The maximum atomic E-state index is 12.4. The van der Waals surface area contributed by atoms with Gasteiger partial charge in [0.25, 0.3) is 5.91 Å². The van der Waals surface area contributed by atoms with Gasteiger partial charge in [0.2, 0.25) is 5.88 Å². The Hall–Kier alpha value is -2.05. The van der Waals surface area contributed by atoms with E-state index in [9.17, 15) is 9.90 Å². The zero-order chi connectivity index (χ0) is 16.2. The van der Waals surface area contributed by atoms with Crippen molar-refractivity contribution in [3.63, 3.8) is 0 Å². The third-order valence-corrected chi connectivity index (χ3v) is 4.04. The maximum absolute atomic E-state index is 12.4. The zero-order valence-electron chi connectivity index (χ0n) is 12.5. The predicted molar refractivity (Wildman–Crippen MR) is 85.8 cm³/mol. The maximum Gasteiger partial charge on any atom is 0.273 e. The van der Waals surface area contributed by atoms with Crippen LogP contribution in [0.2, 0.25) is 5.02 Å². The van der Waals surface area contributed by atoms with Crippen LogP contribution < -0.4 is 10.1 Å². The number of amides is 1. The molecule has 1 atom stereocenters. The molecule has 1 aliphatic heterocycles. The van der Waals surface area contributed by atoms with Crippen molar-refractivity contribution in [2.45, 2.75) is 25.4 Å². The second-order valence-corrected chi connectivity index (χ2v) is 5.81. The summed E-state index contributed by atoms with van der Waals surface area (Å²) in [6.45, 7) is 1.08. The molecule has 0 saturated carbocycles. The standard InChI is InChI=1S/C16H18ClN3O3/c17-13-14(19-20-7-4-8-23-16(13)20)15(22)18-12(10-21)9-11-5-2-1-3-6-11/h1-3,5-6,12,21H,4,7-10H2,(H,18,22). The van der Waals surface area contributed by atoms with Crippen LogP contribution in [0.1, 0.15) is 22.5 Å². The first-order valence-corrected chi connectivity index (χ1v) is 7.91. The molecule has 6 nitrogen and oxygen atoms in total. The number of aromatic nitrogens is 2. The van der Waals surface area contributed by atoms with Crippen LogP contribution in [0.5, 0.6) is 5.88 Å². The number of carbonyl (C=O) groups is 1. The normalized spacial score (nSPS) is 14.7. The van der Waals surface area contributed by atoms with Gasteiger partial charge in [-0.1, -0.05) is 41.9 Å². The van der Waals surface area contributed by atoms with Crippen molar-refractivity contribution in [3.05, 3.63) is 46.6 Å². The number of rotatable bonds is 5. The summed E-state index contributed by atoms with van der Waals surface area (Å²) in [5.74, 6) is 0.0298. The van der Waals surface area contributed by atoms with E-state index in [0.717, 1.165) is 12.0 Å². The molecular formula is C16H18ClN3O3. The third-order valence-electron chi connectivity index (χ3n) is 3.70. The zero-order valence-corrected chi connectivity index (χ0v) is 13.3. The van der Waals surface area contributed by atoms with E-state index in [2.05, 4.69) is 10.4 Å². The Morgan fingerprint density at radius 2 is 2.22 bits per heavy atom. The fourth-order valence-electron chi connectivity index (χ4n) is 2.56. The van der Waals surface area contributed by atoms with Crippen LogP contribution in [0.15, 0.2) is 30.3 Å². The summed E-state index contributed by atoms with van der Waals surface area (Å²) >= 11 is 6.19. The van der Waals surface area contributed by atoms with Crippen LogP contribution in [0.3, 0.4) is 0 Å². The molecule has 1 aliphatic rings. The number of nitrogens with zero attached hydrogens (tertiary/aromatic N) is 2. The van der Waals surface area contributed by atoms with Crippen molar-refractivity contribution in [3.8, 4) is 5.88 Å². The topological polar surface area (TPSA) is 76.4 Å². The number of carbonyl (C=O) groups excluding carboxylic acids is 1. The molecule has 122 valence electrons. The summed E-state index contributed by atoms with van der Waals surface area (Å²) in [6.07, 6.45) is 1.37. The molecule has 23 heavy (non-hydrogen) atoms. The molecule has 0 saturated heterocycles. The van der Waals surface area contributed by atoms with E-state index in [1.807, 2.05) is 30.3 Å². The lowest BCUT2D eigenvalue weighted by Gasteiger charge is -2.15. The quantitative estimate of drug-likeness (QED) is 0.871. The average molecular weight is 336 g/mol. The summed E-state index contributed by atoms with van der Waals surface area (Å²) in [6, 6.07) is 9.26. The van der Waals surface area contributed by atoms with Gasteiger partial charge in [-0.2, -0.15) is 5.10 Å². The number of ether oxygens (including phenoxy) is 1. The van der Waals surface area contributed by atoms with Gasteiger partial charge in [-0.05, 0) is 12.0 Å².